The molecule has 2 atom stereocenters. The van der Waals surface area contributed by atoms with Gasteiger partial charge in [-0.2, -0.15) is 0 Å². The topological polar surface area (TPSA) is 29.1 Å². The van der Waals surface area contributed by atoms with Crippen molar-refractivity contribution in [2.45, 2.75) is 38.1 Å². The molecule has 1 aliphatic rings. The van der Waals surface area contributed by atoms with E-state index in [4.69, 9.17) is 0 Å². The first kappa shape index (κ1) is 16.0. The number of hydrogen-bond acceptors (Lipinski definition) is 1. The van der Waals surface area contributed by atoms with E-state index in [0.29, 0.717) is 15.7 Å². The molecule has 110 valence electrons. The highest BCUT2D eigenvalue weighted by molar-refractivity contribution is 9.10. The van der Waals surface area contributed by atoms with Crippen LogP contribution in [0.5, 0.6) is 0 Å². The van der Waals surface area contributed by atoms with E-state index in [1.807, 2.05) is 0 Å². The Morgan fingerprint density at radius 1 is 1.55 bits per heavy atom. The SMILES string of the molecule is CC1CCCC(CBr)(NC(=O)c2cc(Br)ccc2F)C1. The average Bonchev–Trinajstić information content (AvgIpc) is 2.41. The largest absolute Gasteiger partial charge is 0.346 e. The number of benzene rings is 1. The molecule has 1 aliphatic carbocycles. The molecule has 0 aliphatic heterocycles. The van der Waals surface area contributed by atoms with Crippen molar-refractivity contribution in [1.29, 1.82) is 0 Å². The summed E-state index contributed by atoms with van der Waals surface area (Å²) in [5, 5.41) is 3.75. The predicted octanol–water partition coefficient (Wildman–Crippen LogP) is 4.66. The standard InChI is InChI=1S/C15H18Br2FNO/c1-10-3-2-6-15(8-10,9-16)19-14(20)12-7-11(17)4-5-13(12)18/h4-5,7,10H,2-3,6,8-9H2,1H3,(H,19,20). The highest BCUT2D eigenvalue weighted by Crippen LogP contribution is 2.34. The lowest BCUT2D eigenvalue weighted by Gasteiger charge is -2.39. The Labute approximate surface area is 135 Å². The molecular formula is C15H18Br2FNO. The van der Waals surface area contributed by atoms with Gasteiger partial charge in [0.25, 0.3) is 5.91 Å². The van der Waals surface area contributed by atoms with Crippen LogP contribution in [-0.4, -0.2) is 16.8 Å². The van der Waals surface area contributed by atoms with Crippen LogP contribution >= 0.6 is 31.9 Å². The molecule has 1 aromatic carbocycles. The van der Waals surface area contributed by atoms with Crippen LogP contribution in [0.1, 0.15) is 43.0 Å². The number of hydrogen-bond donors (Lipinski definition) is 1. The zero-order valence-electron chi connectivity index (χ0n) is 11.4. The molecule has 1 aromatic rings. The summed E-state index contributed by atoms with van der Waals surface area (Å²) in [6, 6.07) is 4.43. The Morgan fingerprint density at radius 3 is 2.95 bits per heavy atom. The summed E-state index contributed by atoms with van der Waals surface area (Å²) in [6.07, 6.45) is 4.15. The summed E-state index contributed by atoms with van der Waals surface area (Å²) in [7, 11) is 0. The maximum atomic E-state index is 13.8. The molecule has 1 saturated carbocycles. The first-order valence-electron chi connectivity index (χ1n) is 6.79. The summed E-state index contributed by atoms with van der Waals surface area (Å²) >= 11 is 6.79. The molecule has 20 heavy (non-hydrogen) atoms. The average molecular weight is 407 g/mol. The van der Waals surface area contributed by atoms with Crippen LogP contribution in [-0.2, 0) is 0 Å². The van der Waals surface area contributed by atoms with Gasteiger partial charge in [-0.05, 0) is 37.0 Å². The van der Waals surface area contributed by atoms with E-state index in [1.165, 1.54) is 18.6 Å². The van der Waals surface area contributed by atoms with E-state index >= 15 is 0 Å². The van der Waals surface area contributed by atoms with Gasteiger partial charge in [0.2, 0.25) is 0 Å². The van der Waals surface area contributed by atoms with Gasteiger partial charge in [-0.25, -0.2) is 4.39 Å². The molecule has 0 heterocycles. The maximum Gasteiger partial charge on any atom is 0.254 e. The van der Waals surface area contributed by atoms with E-state index in [0.717, 1.165) is 19.3 Å². The fraction of sp³-hybridized carbons (Fsp3) is 0.533. The molecule has 0 aromatic heterocycles. The van der Waals surface area contributed by atoms with Crippen molar-refractivity contribution in [3.63, 3.8) is 0 Å². The van der Waals surface area contributed by atoms with Crippen molar-refractivity contribution >= 4 is 37.8 Å². The second-order valence-electron chi connectivity index (χ2n) is 5.69. The number of rotatable bonds is 3. The molecule has 1 N–H and O–H groups in total. The van der Waals surface area contributed by atoms with E-state index in [-0.39, 0.29) is 17.0 Å². The van der Waals surface area contributed by atoms with Crippen molar-refractivity contribution in [2.75, 3.05) is 5.33 Å². The first-order valence-corrected chi connectivity index (χ1v) is 8.71. The summed E-state index contributed by atoms with van der Waals surface area (Å²) in [6.45, 7) is 2.20. The zero-order valence-corrected chi connectivity index (χ0v) is 14.6. The quantitative estimate of drug-likeness (QED) is 0.726. The Morgan fingerprint density at radius 2 is 2.30 bits per heavy atom. The predicted molar refractivity (Wildman–Crippen MR) is 85.7 cm³/mol. The smallest absolute Gasteiger partial charge is 0.254 e. The van der Waals surface area contributed by atoms with Gasteiger partial charge in [0.1, 0.15) is 5.82 Å². The molecule has 2 unspecified atom stereocenters. The van der Waals surface area contributed by atoms with E-state index in [9.17, 15) is 9.18 Å². The number of carbonyl (C=O) groups excluding carboxylic acids is 1. The molecule has 0 saturated heterocycles. The summed E-state index contributed by atoms with van der Waals surface area (Å²) in [5.41, 5.74) is -0.165. The fourth-order valence-corrected chi connectivity index (χ4v) is 3.92. The zero-order chi connectivity index (χ0) is 14.8. The number of halogens is 3. The van der Waals surface area contributed by atoms with Gasteiger partial charge in [-0.15, -0.1) is 0 Å². The number of amides is 1. The third-order valence-electron chi connectivity index (χ3n) is 3.90. The van der Waals surface area contributed by atoms with Crippen LogP contribution in [0.4, 0.5) is 4.39 Å². The van der Waals surface area contributed by atoms with Crippen molar-refractivity contribution < 1.29 is 9.18 Å². The van der Waals surface area contributed by atoms with Gasteiger partial charge in [0.15, 0.2) is 0 Å². The van der Waals surface area contributed by atoms with Crippen LogP contribution < -0.4 is 5.32 Å². The van der Waals surface area contributed by atoms with E-state index in [1.54, 1.807) is 6.07 Å². The minimum atomic E-state index is -0.487. The van der Waals surface area contributed by atoms with Crippen molar-refractivity contribution in [1.82, 2.24) is 5.32 Å². The number of alkyl halides is 1. The van der Waals surface area contributed by atoms with Gasteiger partial charge in [0.05, 0.1) is 11.1 Å². The minimum absolute atomic E-state index is 0.0953. The maximum absolute atomic E-state index is 13.8. The lowest BCUT2D eigenvalue weighted by Crippen LogP contribution is -2.52. The molecular weight excluding hydrogens is 389 g/mol. The molecule has 0 bridgehead atoms. The highest BCUT2D eigenvalue weighted by Gasteiger charge is 2.36. The Hall–Kier alpha value is -0.420. The molecule has 0 radical (unpaired) electrons. The van der Waals surface area contributed by atoms with Crippen LogP contribution in [0.3, 0.4) is 0 Å². The van der Waals surface area contributed by atoms with Crippen LogP contribution in [0.25, 0.3) is 0 Å². The second kappa shape index (κ2) is 6.56. The van der Waals surface area contributed by atoms with Crippen LogP contribution in [0.15, 0.2) is 22.7 Å². The van der Waals surface area contributed by atoms with E-state index in [2.05, 4.69) is 44.1 Å². The van der Waals surface area contributed by atoms with Crippen molar-refractivity contribution in [3.8, 4) is 0 Å². The minimum Gasteiger partial charge on any atom is -0.346 e. The third-order valence-corrected chi connectivity index (χ3v) is 5.47. The summed E-state index contributed by atoms with van der Waals surface area (Å²) < 4.78 is 14.5. The third kappa shape index (κ3) is 3.61. The van der Waals surface area contributed by atoms with Gasteiger partial charge < -0.3 is 5.32 Å². The summed E-state index contributed by atoms with van der Waals surface area (Å²) in [4.78, 5) is 12.4. The molecule has 2 rings (SSSR count). The Bertz CT molecular complexity index is 509. The van der Waals surface area contributed by atoms with Crippen LogP contribution in [0, 0.1) is 11.7 Å². The molecule has 1 amide bonds. The van der Waals surface area contributed by atoms with E-state index < -0.39 is 5.82 Å². The van der Waals surface area contributed by atoms with Crippen LogP contribution in [0.2, 0.25) is 0 Å². The first-order chi connectivity index (χ1) is 9.46. The monoisotopic (exact) mass is 405 g/mol. The van der Waals surface area contributed by atoms with Crippen molar-refractivity contribution in [2.24, 2.45) is 5.92 Å². The number of carbonyl (C=O) groups is 1. The second-order valence-corrected chi connectivity index (χ2v) is 7.17. The van der Waals surface area contributed by atoms with Gasteiger partial charge in [0, 0.05) is 9.80 Å². The summed E-state index contributed by atoms with van der Waals surface area (Å²) in [5.74, 6) is -0.245. The number of nitrogens with one attached hydrogen (secondary N) is 1. The van der Waals surface area contributed by atoms with Gasteiger partial charge in [-0.3, -0.25) is 4.79 Å². The lowest BCUT2D eigenvalue weighted by atomic mass is 9.77. The molecule has 1 fully saturated rings. The molecule has 2 nitrogen and oxygen atoms in total. The molecule has 0 spiro atoms. The Balaban J connectivity index is 2.19. The normalized spacial score (nSPS) is 26.3. The van der Waals surface area contributed by atoms with Gasteiger partial charge >= 0.3 is 0 Å². The van der Waals surface area contributed by atoms with Gasteiger partial charge in [-0.1, -0.05) is 51.6 Å². The van der Waals surface area contributed by atoms with Crippen molar-refractivity contribution in [3.05, 3.63) is 34.1 Å². The molecule has 5 heteroatoms. The Kier molecular flexibility index (Phi) is 5.24. The fourth-order valence-electron chi connectivity index (χ4n) is 2.91. The highest BCUT2D eigenvalue weighted by atomic mass is 79.9. The lowest BCUT2D eigenvalue weighted by molar-refractivity contribution is 0.0865.